The van der Waals surface area contributed by atoms with Gasteiger partial charge in [0.05, 0.1) is 27.1 Å². The van der Waals surface area contributed by atoms with Crippen molar-refractivity contribution in [3.05, 3.63) is 58.5 Å². The van der Waals surface area contributed by atoms with Crippen LogP contribution in [0.2, 0.25) is 0 Å². The molecule has 6 nitrogen and oxygen atoms in total. The lowest BCUT2D eigenvalue weighted by atomic mass is 10.2. The van der Waals surface area contributed by atoms with Gasteiger partial charge >= 0.3 is 0 Å². The highest BCUT2D eigenvalue weighted by atomic mass is 32.2. The lowest BCUT2D eigenvalue weighted by molar-refractivity contribution is 0.355. The van der Waals surface area contributed by atoms with Crippen LogP contribution in [-0.2, 0) is 15.6 Å². The molecule has 26 heavy (non-hydrogen) atoms. The number of nitriles is 1. The Morgan fingerprint density at radius 1 is 1.00 bits per heavy atom. The highest BCUT2D eigenvalue weighted by Gasteiger charge is 2.19. The molecule has 2 aromatic rings. The molecule has 0 atom stereocenters. The highest BCUT2D eigenvalue weighted by molar-refractivity contribution is 7.95. The average Bonchev–Trinajstić information content (AvgIpc) is 2.65. The van der Waals surface area contributed by atoms with Crippen molar-refractivity contribution in [3.8, 4) is 23.3 Å². The Hall–Kier alpha value is -2.98. The molecule has 0 heterocycles. The fourth-order valence-electron chi connectivity index (χ4n) is 2.30. The molecular weight excluding hydrogens is 354 g/mol. The van der Waals surface area contributed by atoms with E-state index in [1.165, 1.54) is 27.4 Å². The monoisotopic (exact) mass is 373 g/mol. The summed E-state index contributed by atoms with van der Waals surface area (Å²) in [5.41, 5.74) is 1.09. The fourth-order valence-corrected chi connectivity index (χ4v) is 3.55. The van der Waals surface area contributed by atoms with Crippen LogP contribution < -0.4 is 14.2 Å². The molecule has 0 aromatic heterocycles. The molecule has 0 N–H and O–H groups in total. The van der Waals surface area contributed by atoms with E-state index in [1.807, 2.05) is 0 Å². The van der Waals surface area contributed by atoms with Gasteiger partial charge in [0, 0.05) is 0 Å². The summed E-state index contributed by atoms with van der Waals surface area (Å²) in [6.45, 7) is 0. The summed E-state index contributed by atoms with van der Waals surface area (Å²) in [6.07, 6.45) is 1.32. The van der Waals surface area contributed by atoms with Gasteiger partial charge in [-0.25, -0.2) is 8.42 Å². The van der Waals surface area contributed by atoms with Crippen LogP contribution in [-0.4, -0.2) is 29.7 Å². The smallest absolute Gasteiger partial charge is 0.192 e. The van der Waals surface area contributed by atoms with Crippen molar-refractivity contribution in [2.75, 3.05) is 21.3 Å². The van der Waals surface area contributed by atoms with Crippen LogP contribution in [0.1, 0.15) is 11.1 Å². The first kappa shape index (κ1) is 19.3. The van der Waals surface area contributed by atoms with Gasteiger partial charge in [0.1, 0.15) is 16.7 Å². The van der Waals surface area contributed by atoms with Crippen molar-refractivity contribution in [3.63, 3.8) is 0 Å². The van der Waals surface area contributed by atoms with Crippen molar-refractivity contribution >= 4 is 15.9 Å². The molecule has 0 saturated heterocycles. The Bertz CT molecular complexity index is 941. The maximum atomic E-state index is 12.6. The summed E-state index contributed by atoms with van der Waals surface area (Å²) in [4.78, 5) is -0.319. The molecule has 0 bridgehead atoms. The van der Waals surface area contributed by atoms with Crippen LogP contribution in [0, 0.1) is 11.3 Å². The van der Waals surface area contributed by atoms with Crippen LogP contribution in [0.3, 0.4) is 0 Å². The highest BCUT2D eigenvalue weighted by Crippen LogP contribution is 2.29. The lowest BCUT2D eigenvalue weighted by Crippen LogP contribution is -2.06. The minimum Gasteiger partial charge on any atom is -0.497 e. The van der Waals surface area contributed by atoms with Crippen LogP contribution in [0.4, 0.5) is 0 Å². The Morgan fingerprint density at radius 3 is 2.19 bits per heavy atom. The molecule has 0 fully saturated rings. The summed E-state index contributed by atoms with van der Waals surface area (Å²) >= 11 is 0. The number of benzene rings is 2. The summed E-state index contributed by atoms with van der Waals surface area (Å²) < 4.78 is 40.6. The van der Waals surface area contributed by atoms with Gasteiger partial charge in [0.15, 0.2) is 21.3 Å². The number of sulfone groups is 1. The number of rotatable bonds is 7. The van der Waals surface area contributed by atoms with Crippen molar-refractivity contribution in [2.45, 2.75) is 5.75 Å². The molecule has 0 spiro atoms. The molecule has 0 aliphatic heterocycles. The lowest BCUT2D eigenvalue weighted by Gasteiger charge is -2.08. The summed E-state index contributed by atoms with van der Waals surface area (Å²) in [7, 11) is 0.732. The molecule has 0 radical (unpaired) electrons. The predicted molar refractivity (Wildman–Crippen MR) is 98.8 cm³/mol. The third kappa shape index (κ3) is 4.55. The summed E-state index contributed by atoms with van der Waals surface area (Å²) in [6, 6.07) is 13.3. The van der Waals surface area contributed by atoms with E-state index in [-0.39, 0.29) is 10.7 Å². The van der Waals surface area contributed by atoms with E-state index in [4.69, 9.17) is 14.2 Å². The Balaban J connectivity index is 2.33. The number of methoxy groups -OCH3 is 3. The zero-order chi connectivity index (χ0) is 19.2. The van der Waals surface area contributed by atoms with Crippen LogP contribution in [0.5, 0.6) is 17.2 Å². The van der Waals surface area contributed by atoms with Gasteiger partial charge in [-0.1, -0.05) is 18.2 Å². The first-order valence-electron chi connectivity index (χ1n) is 7.63. The van der Waals surface area contributed by atoms with Crippen molar-refractivity contribution in [1.82, 2.24) is 0 Å². The standard InChI is InChI=1S/C19H19NO5S/c1-23-16-7-4-14(5-8-16)13-26(21,22)17(12-20)10-15-6-9-18(24-2)19(11-15)25-3/h4-11H,13H2,1-3H3/b17-10-. The van der Waals surface area contributed by atoms with Crippen molar-refractivity contribution in [2.24, 2.45) is 0 Å². The Morgan fingerprint density at radius 2 is 1.65 bits per heavy atom. The average molecular weight is 373 g/mol. The number of nitrogens with zero attached hydrogens (tertiary/aromatic N) is 1. The SMILES string of the molecule is COc1ccc(CS(=O)(=O)/C(C#N)=C\c2ccc(OC)c(OC)c2)cc1. The quantitative estimate of drug-likeness (QED) is 0.693. The number of hydrogen-bond acceptors (Lipinski definition) is 6. The van der Waals surface area contributed by atoms with Gasteiger partial charge in [-0.15, -0.1) is 0 Å². The molecule has 0 aliphatic rings. The second kappa shape index (κ2) is 8.41. The van der Waals surface area contributed by atoms with E-state index in [2.05, 4.69) is 0 Å². The Labute approximate surface area is 153 Å². The van der Waals surface area contributed by atoms with E-state index in [9.17, 15) is 13.7 Å². The molecule has 0 saturated carbocycles. The maximum Gasteiger partial charge on any atom is 0.192 e. The van der Waals surface area contributed by atoms with Crippen LogP contribution >= 0.6 is 0 Å². The van der Waals surface area contributed by atoms with E-state index in [0.717, 1.165) is 0 Å². The fraction of sp³-hybridized carbons (Fsp3) is 0.211. The molecule has 0 amide bonds. The largest absolute Gasteiger partial charge is 0.497 e. The zero-order valence-electron chi connectivity index (χ0n) is 14.7. The predicted octanol–water partition coefficient (Wildman–Crippen LogP) is 3.19. The topological polar surface area (TPSA) is 85.6 Å². The minimum atomic E-state index is -3.79. The second-order valence-corrected chi connectivity index (χ2v) is 7.30. The Kier molecular flexibility index (Phi) is 6.26. The molecule has 2 rings (SSSR count). The molecule has 0 aliphatic carbocycles. The zero-order valence-corrected chi connectivity index (χ0v) is 15.5. The van der Waals surface area contributed by atoms with E-state index in [0.29, 0.717) is 28.4 Å². The summed E-state index contributed by atoms with van der Waals surface area (Å²) in [5.74, 6) is 1.33. The third-order valence-corrected chi connectivity index (χ3v) is 5.26. The normalized spacial score (nSPS) is 11.5. The molecule has 7 heteroatoms. The first-order valence-corrected chi connectivity index (χ1v) is 9.28. The van der Waals surface area contributed by atoms with Crippen molar-refractivity contribution in [1.29, 1.82) is 5.26 Å². The van der Waals surface area contributed by atoms with Crippen molar-refractivity contribution < 1.29 is 22.6 Å². The van der Waals surface area contributed by atoms with E-state index < -0.39 is 9.84 Å². The number of hydrogen-bond donors (Lipinski definition) is 0. The van der Waals surface area contributed by atoms with Gasteiger partial charge in [-0.05, 0) is 41.5 Å². The molecular formula is C19H19NO5S. The third-order valence-electron chi connectivity index (χ3n) is 3.67. The number of allylic oxidation sites excluding steroid dienone is 1. The van der Waals surface area contributed by atoms with Gasteiger partial charge < -0.3 is 14.2 Å². The van der Waals surface area contributed by atoms with Gasteiger partial charge in [0.2, 0.25) is 0 Å². The number of ether oxygens (including phenoxy) is 3. The molecule has 2 aromatic carbocycles. The summed E-state index contributed by atoms with van der Waals surface area (Å²) in [5, 5.41) is 9.34. The van der Waals surface area contributed by atoms with Gasteiger partial charge in [0.25, 0.3) is 0 Å². The van der Waals surface area contributed by atoms with Gasteiger partial charge in [-0.3, -0.25) is 0 Å². The van der Waals surface area contributed by atoms with E-state index in [1.54, 1.807) is 48.5 Å². The van der Waals surface area contributed by atoms with Crippen LogP contribution in [0.25, 0.3) is 6.08 Å². The molecule has 136 valence electrons. The minimum absolute atomic E-state index is 0.274. The maximum absolute atomic E-state index is 12.6. The van der Waals surface area contributed by atoms with Gasteiger partial charge in [-0.2, -0.15) is 5.26 Å². The second-order valence-electron chi connectivity index (χ2n) is 5.34. The van der Waals surface area contributed by atoms with Crippen LogP contribution in [0.15, 0.2) is 47.4 Å². The molecule has 0 unspecified atom stereocenters. The van der Waals surface area contributed by atoms with E-state index >= 15 is 0 Å². The first-order chi connectivity index (χ1) is 12.4.